The van der Waals surface area contributed by atoms with Gasteiger partial charge in [0.05, 0.1) is 22.1 Å². The summed E-state index contributed by atoms with van der Waals surface area (Å²) in [5.74, 6) is -0.482. The fourth-order valence-electron chi connectivity index (χ4n) is 1.37. The van der Waals surface area contributed by atoms with Gasteiger partial charge in [-0.25, -0.2) is 13.5 Å². The summed E-state index contributed by atoms with van der Waals surface area (Å²) >= 11 is 11.3. The number of nitrogen functional groups attached to an aromatic ring is 1. The van der Waals surface area contributed by atoms with Crippen molar-refractivity contribution in [2.24, 2.45) is 0 Å². The van der Waals surface area contributed by atoms with Crippen LogP contribution in [0.2, 0.25) is 5.02 Å². The number of anilines is 3. The normalized spacial score (nSPS) is 10.3. The predicted octanol–water partition coefficient (Wildman–Crippen LogP) is 4.01. The van der Waals surface area contributed by atoms with E-state index in [2.05, 4.69) is 18.1 Å². The lowest BCUT2D eigenvalue weighted by Gasteiger charge is -2.18. The van der Waals surface area contributed by atoms with Gasteiger partial charge in [0.1, 0.15) is 5.82 Å². The highest BCUT2D eigenvalue weighted by Gasteiger charge is 2.16. The number of benzene rings is 1. The van der Waals surface area contributed by atoms with Crippen LogP contribution in [-0.4, -0.2) is 6.03 Å². The highest BCUT2D eigenvalue weighted by atomic mass is 35.5. The van der Waals surface area contributed by atoms with Gasteiger partial charge in [0, 0.05) is 10.8 Å². The van der Waals surface area contributed by atoms with Gasteiger partial charge < -0.3 is 11.1 Å². The molecule has 0 saturated heterocycles. The van der Waals surface area contributed by atoms with E-state index in [1.54, 1.807) is 10.8 Å². The van der Waals surface area contributed by atoms with Crippen molar-refractivity contribution in [2.45, 2.75) is 0 Å². The minimum atomic E-state index is -0.540. The lowest BCUT2D eigenvalue weighted by atomic mass is 10.2. The molecule has 3 N–H and O–H groups in total. The Labute approximate surface area is 123 Å². The average molecular weight is 318 g/mol. The maximum atomic E-state index is 12.9. The van der Waals surface area contributed by atoms with Crippen LogP contribution in [0.25, 0.3) is 0 Å². The SMILES string of the molecule is Nc1cc(F)ccc1N(S)C(=O)Nc1cscc1Cl. The number of amides is 2. The third-order valence-electron chi connectivity index (χ3n) is 2.27. The molecular weight excluding hydrogens is 309 g/mol. The van der Waals surface area contributed by atoms with Gasteiger partial charge in [-0.15, -0.1) is 11.3 Å². The van der Waals surface area contributed by atoms with E-state index in [1.165, 1.54) is 23.5 Å². The van der Waals surface area contributed by atoms with Gasteiger partial charge in [0.25, 0.3) is 0 Å². The molecule has 0 atom stereocenters. The van der Waals surface area contributed by atoms with Crippen LogP contribution in [0.15, 0.2) is 29.0 Å². The second kappa shape index (κ2) is 5.68. The number of nitrogens with one attached hydrogen (secondary N) is 1. The molecule has 0 aliphatic rings. The molecule has 0 unspecified atom stereocenters. The molecule has 0 saturated carbocycles. The third kappa shape index (κ3) is 3.12. The second-order valence-corrected chi connectivity index (χ2v) is 5.13. The molecule has 4 nitrogen and oxygen atoms in total. The number of carbonyl (C=O) groups is 1. The first-order chi connectivity index (χ1) is 8.99. The fraction of sp³-hybridized carbons (Fsp3) is 0. The first kappa shape index (κ1) is 14.0. The van der Waals surface area contributed by atoms with Crippen LogP contribution in [0.1, 0.15) is 0 Å². The van der Waals surface area contributed by atoms with Crippen molar-refractivity contribution < 1.29 is 9.18 Å². The number of hydrogen-bond donors (Lipinski definition) is 3. The highest BCUT2D eigenvalue weighted by Crippen LogP contribution is 2.29. The van der Waals surface area contributed by atoms with Crippen LogP contribution in [-0.2, 0) is 0 Å². The van der Waals surface area contributed by atoms with Crippen LogP contribution in [0.5, 0.6) is 0 Å². The molecule has 8 heteroatoms. The fourth-order valence-corrected chi connectivity index (χ4v) is 2.56. The number of rotatable bonds is 2. The molecule has 2 aromatic rings. The Hall–Kier alpha value is -1.44. The highest BCUT2D eigenvalue weighted by molar-refractivity contribution is 7.82. The third-order valence-corrected chi connectivity index (χ3v) is 3.85. The Morgan fingerprint density at radius 2 is 2.21 bits per heavy atom. The monoisotopic (exact) mass is 317 g/mol. The van der Waals surface area contributed by atoms with Crippen LogP contribution in [0.4, 0.5) is 26.2 Å². The van der Waals surface area contributed by atoms with Gasteiger partial charge in [0.2, 0.25) is 0 Å². The van der Waals surface area contributed by atoms with E-state index in [0.717, 1.165) is 10.4 Å². The molecule has 0 fully saturated rings. The first-order valence-electron chi connectivity index (χ1n) is 5.05. The minimum absolute atomic E-state index is 0.113. The van der Waals surface area contributed by atoms with Crippen molar-refractivity contribution in [3.63, 3.8) is 0 Å². The molecule has 2 amide bonds. The molecule has 0 radical (unpaired) electrons. The van der Waals surface area contributed by atoms with E-state index in [9.17, 15) is 9.18 Å². The molecule has 1 aromatic heterocycles. The summed E-state index contributed by atoms with van der Waals surface area (Å²) in [6.45, 7) is 0. The molecule has 100 valence electrons. The molecule has 0 aliphatic carbocycles. The average Bonchev–Trinajstić information content (AvgIpc) is 2.74. The summed E-state index contributed by atoms with van der Waals surface area (Å²) in [7, 11) is 0. The topological polar surface area (TPSA) is 58.4 Å². The van der Waals surface area contributed by atoms with Crippen LogP contribution in [0.3, 0.4) is 0 Å². The number of hydrogen-bond acceptors (Lipinski definition) is 4. The van der Waals surface area contributed by atoms with Crippen LogP contribution in [0, 0.1) is 5.82 Å². The van der Waals surface area contributed by atoms with Gasteiger partial charge in [-0.2, -0.15) is 0 Å². The standard InChI is InChI=1S/C11H9ClFN3OS2/c12-7-4-19-5-9(7)15-11(17)16(18)10-2-1-6(13)3-8(10)14/h1-5,18H,14H2,(H,15,17). The van der Waals surface area contributed by atoms with E-state index in [1.807, 2.05) is 0 Å². The smallest absolute Gasteiger partial charge is 0.336 e. The van der Waals surface area contributed by atoms with E-state index in [-0.39, 0.29) is 11.4 Å². The minimum Gasteiger partial charge on any atom is -0.397 e. The van der Waals surface area contributed by atoms with E-state index < -0.39 is 11.8 Å². The van der Waals surface area contributed by atoms with Gasteiger partial charge in [-0.1, -0.05) is 24.4 Å². The second-order valence-electron chi connectivity index (χ2n) is 3.58. The van der Waals surface area contributed by atoms with Crippen molar-refractivity contribution in [3.05, 3.63) is 39.8 Å². The zero-order valence-electron chi connectivity index (χ0n) is 9.43. The van der Waals surface area contributed by atoms with E-state index >= 15 is 0 Å². The van der Waals surface area contributed by atoms with Gasteiger partial charge in [-0.05, 0) is 18.2 Å². The predicted molar refractivity (Wildman–Crippen MR) is 80.6 cm³/mol. The number of thiol groups is 1. The number of urea groups is 1. The Kier molecular flexibility index (Phi) is 4.18. The molecule has 0 spiro atoms. The van der Waals surface area contributed by atoms with Crippen molar-refractivity contribution in [2.75, 3.05) is 15.4 Å². The van der Waals surface area contributed by atoms with E-state index in [4.69, 9.17) is 17.3 Å². The summed E-state index contributed by atoms with van der Waals surface area (Å²) in [5, 5.41) is 6.38. The molecule has 0 bridgehead atoms. The van der Waals surface area contributed by atoms with Crippen molar-refractivity contribution in [1.29, 1.82) is 0 Å². The Balaban J connectivity index is 2.17. The van der Waals surface area contributed by atoms with Gasteiger partial charge >= 0.3 is 6.03 Å². The van der Waals surface area contributed by atoms with Gasteiger partial charge in [-0.3, -0.25) is 0 Å². The maximum Gasteiger partial charge on any atom is 0.336 e. The molecule has 1 aromatic carbocycles. The summed E-state index contributed by atoms with van der Waals surface area (Å²) in [6.07, 6.45) is 0. The number of thiophene rings is 1. The maximum absolute atomic E-state index is 12.9. The number of nitrogens with two attached hydrogens (primary N) is 1. The Bertz CT molecular complexity index is 620. The Morgan fingerprint density at radius 1 is 1.47 bits per heavy atom. The van der Waals surface area contributed by atoms with Crippen molar-refractivity contribution >= 4 is 58.8 Å². The van der Waals surface area contributed by atoms with E-state index in [0.29, 0.717) is 10.7 Å². The largest absolute Gasteiger partial charge is 0.397 e. The lowest BCUT2D eigenvalue weighted by molar-refractivity contribution is 0.260. The quantitative estimate of drug-likeness (QED) is 0.579. The zero-order chi connectivity index (χ0) is 14.0. The molecular formula is C11H9ClFN3OS2. The molecule has 2 rings (SSSR count). The lowest BCUT2D eigenvalue weighted by Crippen LogP contribution is -2.27. The van der Waals surface area contributed by atoms with Gasteiger partial charge in [0.15, 0.2) is 0 Å². The Morgan fingerprint density at radius 3 is 2.79 bits per heavy atom. The molecule has 19 heavy (non-hydrogen) atoms. The number of nitrogens with zero attached hydrogens (tertiary/aromatic N) is 1. The number of halogens is 2. The van der Waals surface area contributed by atoms with Crippen LogP contribution < -0.4 is 15.4 Å². The first-order valence-corrected chi connectivity index (χ1v) is 6.78. The van der Waals surface area contributed by atoms with Crippen LogP contribution >= 0.6 is 35.8 Å². The number of carbonyl (C=O) groups excluding carboxylic acids is 1. The summed E-state index contributed by atoms with van der Waals surface area (Å²) in [6, 6.07) is 3.14. The summed E-state index contributed by atoms with van der Waals surface area (Å²) in [5.41, 5.74) is 6.51. The molecule has 0 aliphatic heterocycles. The van der Waals surface area contributed by atoms with Crippen molar-refractivity contribution in [1.82, 2.24) is 0 Å². The molecule has 1 heterocycles. The summed E-state index contributed by atoms with van der Waals surface area (Å²) in [4.78, 5) is 11.9. The zero-order valence-corrected chi connectivity index (χ0v) is 11.9. The summed E-state index contributed by atoms with van der Waals surface area (Å²) < 4.78 is 13.9. The van der Waals surface area contributed by atoms with Crippen molar-refractivity contribution in [3.8, 4) is 0 Å².